The Morgan fingerprint density at radius 3 is 1.10 bits per heavy atom. The fourth-order valence-corrected chi connectivity index (χ4v) is 22.5. The number of nitrogens with zero attached hydrogens (tertiary/aromatic N) is 6. The second kappa shape index (κ2) is 32.5. The number of allylic oxidation sites excluding steroid dienone is 3. The zero-order valence-corrected chi connectivity index (χ0v) is 75.0. The van der Waals surface area contributed by atoms with Gasteiger partial charge in [-0.1, -0.05) is 165 Å². The van der Waals surface area contributed by atoms with Gasteiger partial charge in [0, 0.05) is 130 Å². The molecule has 7 nitrogen and oxygen atoms in total. The van der Waals surface area contributed by atoms with Crippen molar-refractivity contribution in [1.29, 1.82) is 0 Å². The van der Waals surface area contributed by atoms with Crippen molar-refractivity contribution in [3.63, 3.8) is 0 Å². The van der Waals surface area contributed by atoms with Crippen molar-refractivity contribution in [2.24, 2.45) is 0 Å². The number of fused-ring (bicyclic) bond motifs is 18. The number of aliphatic hydroxyl groups excluding tert-OH is 1. The van der Waals surface area contributed by atoms with Crippen LogP contribution < -0.4 is 79.6 Å². The van der Waals surface area contributed by atoms with Crippen molar-refractivity contribution in [3.8, 4) is 0 Å². The number of anilines is 5. The summed E-state index contributed by atoms with van der Waals surface area (Å²) in [7, 11) is 6.63. The number of hydrogen-bond donors (Lipinski definition) is 2. The van der Waals surface area contributed by atoms with Crippen LogP contribution in [0.5, 0.6) is 0 Å². The summed E-state index contributed by atoms with van der Waals surface area (Å²) in [6.45, 7) is 15.3. The van der Waals surface area contributed by atoms with Gasteiger partial charge < -0.3 is 84.7 Å². The summed E-state index contributed by atoms with van der Waals surface area (Å²) in [6.07, 6.45) is 25.6. The van der Waals surface area contributed by atoms with Gasteiger partial charge in [0.2, 0.25) is 17.1 Å². The standard InChI is InChI=1S/C35H35N2O.C35H34N2S.C35H35N2.BrH.2HI/c2*1-35(2)33(36(3)32-19-15-25-7-4-5-8-27(25)34(32)35)20-14-23-13-18-31-29(21-23)28-9-6-10-30(28)37(31)26-16-11-24(22-38)12-17-26;1-35(2)33(36(3)32-20-18-26-12-7-8-13-27(26)34(32)35)21-17-24-16-19-31-29(22-24)28-14-9-15-30(28)37(31)23-25-10-5-4-6-11-25;;;/h4-5,7-8,11-21,28,30,38H,6,9-10,22H2,1-3H3;4-5,7-8,11-21,28,30H,6,9-10,22H2,1-3H3;4-8,10-13,16-22,28,30H,9,14-15,23H2,1-3H3;3*1H/q+1;;+1;;;/p-2. The van der Waals surface area contributed by atoms with Gasteiger partial charge in [-0.3, -0.25) is 0 Å². The first-order valence-corrected chi connectivity index (χ1v) is 42.2. The highest BCUT2D eigenvalue weighted by Gasteiger charge is 2.49. The normalized spacial score (nSPS) is 20.9. The lowest BCUT2D eigenvalue weighted by Gasteiger charge is -2.27. The van der Waals surface area contributed by atoms with Crippen LogP contribution in [0.1, 0.15) is 184 Å². The van der Waals surface area contributed by atoms with E-state index in [0.29, 0.717) is 35.9 Å². The van der Waals surface area contributed by atoms with E-state index in [9.17, 15) is 5.11 Å². The molecule has 0 bridgehead atoms. The van der Waals surface area contributed by atoms with Crippen molar-refractivity contribution in [2.45, 2.75) is 170 Å². The average Bonchev–Trinajstić information content (AvgIpc) is 1.56. The Bertz CT molecular complexity index is 5770. The van der Waals surface area contributed by atoms with Crippen molar-refractivity contribution in [2.75, 3.05) is 35.8 Å². The maximum Gasteiger partial charge on any atom is 0.210 e. The van der Waals surface area contributed by atoms with E-state index >= 15 is 0 Å². The van der Waals surface area contributed by atoms with Gasteiger partial charge in [0.05, 0.1) is 22.9 Å². The van der Waals surface area contributed by atoms with E-state index in [-0.39, 0.29) is 87.8 Å². The summed E-state index contributed by atoms with van der Waals surface area (Å²) >= 11 is 4.44. The molecule has 116 heavy (non-hydrogen) atoms. The molecule has 0 aromatic heterocycles. The SMILES string of the molecule is C[N+]1=C(/C=C/c2ccc3c(c2)C2CCCC2N3Cc2ccccc2)C(C)(C)c2c1ccc1ccccc21.C[N+]1=C(/C=C/c2ccc3c(c2)C2CCCC2N3c2ccc(CO)cc2)C(C)(C)c2c1ccc1ccccc21.C[N+]1=C(/C=C/c2ccc3c(c2)C2CCCC2N3c2ccc(CS)cc2)C(C)(C)c2c1ccc1ccccc21.[Br-].[I-].[I-]. The van der Waals surface area contributed by atoms with E-state index in [1.54, 1.807) is 5.56 Å². The van der Waals surface area contributed by atoms with Gasteiger partial charge in [0.1, 0.15) is 21.1 Å². The van der Waals surface area contributed by atoms with Crippen LogP contribution in [0.25, 0.3) is 50.5 Å². The second-order valence-electron chi connectivity index (χ2n) is 35.0. The van der Waals surface area contributed by atoms with Crippen molar-refractivity contribution in [3.05, 3.63) is 328 Å². The topological polar surface area (TPSA) is 39.0 Å². The minimum Gasteiger partial charge on any atom is -1.00 e. The quantitative estimate of drug-likeness (QED) is 0.0726. The van der Waals surface area contributed by atoms with Gasteiger partial charge in [-0.15, -0.1) is 0 Å². The highest BCUT2D eigenvalue weighted by atomic mass is 127. The summed E-state index contributed by atoms with van der Waals surface area (Å²) in [6, 6.07) is 91.4. The van der Waals surface area contributed by atoms with Gasteiger partial charge in [-0.2, -0.15) is 26.4 Å². The highest BCUT2D eigenvalue weighted by Crippen LogP contribution is 2.56. The van der Waals surface area contributed by atoms with E-state index in [1.165, 1.54) is 208 Å². The van der Waals surface area contributed by atoms with Crippen LogP contribution in [0.15, 0.2) is 261 Å². The van der Waals surface area contributed by atoms with E-state index in [4.69, 9.17) is 0 Å². The molecule has 1 N–H and O–H groups in total. The predicted octanol–water partition coefficient (Wildman–Crippen LogP) is 15.8. The Morgan fingerprint density at radius 2 is 0.716 bits per heavy atom. The molecule has 12 aromatic carbocycles. The van der Waals surface area contributed by atoms with Crippen LogP contribution in [0, 0.1) is 0 Å². The molecule has 0 saturated heterocycles. The van der Waals surface area contributed by atoms with Crippen LogP contribution in [-0.2, 0) is 35.1 Å². The predicted molar refractivity (Wildman–Crippen MR) is 479 cm³/mol. The van der Waals surface area contributed by atoms with Crippen LogP contribution in [0.2, 0.25) is 0 Å². The molecule has 0 amide bonds. The molecule has 12 aromatic rings. The summed E-state index contributed by atoms with van der Waals surface area (Å²) < 4.78 is 7.14. The first-order valence-electron chi connectivity index (χ1n) is 41.6. The molecule has 9 aliphatic rings. The molecule has 0 spiro atoms. The zero-order chi connectivity index (χ0) is 77.2. The fourth-order valence-electron chi connectivity index (χ4n) is 22.3. The van der Waals surface area contributed by atoms with Crippen LogP contribution in [0.3, 0.4) is 0 Å². The molecule has 11 heteroatoms. The Kier molecular flexibility index (Phi) is 22.7. The Balaban J connectivity index is 0.000000129. The van der Waals surface area contributed by atoms with Crippen LogP contribution >= 0.6 is 12.6 Å². The number of halogens is 3. The molecule has 3 fully saturated rings. The van der Waals surface area contributed by atoms with Gasteiger partial charge in [0.25, 0.3) is 0 Å². The minimum atomic E-state index is -0.0771. The van der Waals surface area contributed by atoms with Crippen LogP contribution in [-0.4, -0.2) is 75.2 Å². The monoisotopic (exact) mass is 1830 g/mol. The van der Waals surface area contributed by atoms with Gasteiger partial charge in [-0.25, -0.2) is 0 Å². The molecule has 6 aliphatic heterocycles. The number of hydrogen-bond acceptors (Lipinski definition) is 5. The Hall–Kier alpha value is -8.70. The number of aliphatic hydroxyl groups is 1. The lowest BCUT2D eigenvalue weighted by molar-refractivity contribution is -0.401. The molecule has 6 atom stereocenters. The second-order valence-corrected chi connectivity index (χ2v) is 35.3. The summed E-state index contributed by atoms with van der Waals surface area (Å²) in [5.41, 5.74) is 30.8. The maximum atomic E-state index is 9.48. The highest BCUT2D eigenvalue weighted by molar-refractivity contribution is 7.79. The molecular weight excluding hydrogens is 1730 g/mol. The minimum absolute atomic E-state index is 0. The number of rotatable bonds is 12. The molecule has 6 unspecified atom stereocenters. The third-order valence-corrected chi connectivity index (χ3v) is 28.0. The molecule has 3 aliphatic carbocycles. The summed E-state index contributed by atoms with van der Waals surface area (Å²) in [5.74, 6) is 2.66. The lowest BCUT2D eigenvalue weighted by Crippen LogP contribution is -3.00. The Morgan fingerprint density at radius 1 is 0.371 bits per heavy atom. The van der Waals surface area contributed by atoms with E-state index in [0.717, 1.165) is 17.9 Å². The Labute approximate surface area is 736 Å². The molecule has 3 saturated carbocycles. The number of benzene rings is 12. The molecular formula is C105H105BrI2N6OS. The zero-order valence-electron chi connectivity index (χ0n) is 68.2. The smallest absolute Gasteiger partial charge is 0.210 e. The molecule has 0 radical (unpaired) electrons. The van der Waals surface area contributed by atoms with E-state index in [2.05, 4.69) is 371 Å². The molecule has 21 rings (SSSR count). The van der Waals surface area contributed by atoms with E-state index in [1.807, 2.05) is 12.1 Å². The first kappa shape index (κ1) is 81.1. The lowest BCUT2D eigenvalue weighted by atomic mass is 9.79. The van der Waals surface area contributed by atoms with Gasteiger partial charge in [0.15, 0.2) is 17.1 Å². The summed E-state index contributed by atoms with van der Waals surface area (Å²) in [5, 5.41) is 17.5. The van der Waals surface area contributed by atoms with Gasteiger partial charge >= 0.3 is 0 Å². The molecule has 6 heterocycles. The van der Waals surface area contributed by atoms with Gasteiger partial charge in [-0.05, 0) is 260 Å². The largest absolute Gasteiger partial charge is 1.00 e. The first-order chi connectivity index (χ1) is 55.0. The average molecular weight is 1830 g/mol. The van der Waals surface area contributed by atoms with E-state index < -0.39 is 0 Å². The summed E-state index contributed by atoms with van der Waals surface area (Å²) in [4.78, 5) is 7.83. The number of thiol groups is 1. The third-order valence-electron chi connectivity index (χ3n) is 27.7. The maximum absolute atomic E-state index is 9.48. The van der Waals surface area contributed by atoms with Crippen molar-refractivity contribution < 1.29 is 83.8 Å². The fraction of sp³-hybridized carbons (Fsp3) is 0.286. The molecule has 588 valence electrons. The van der Waals surface area contributed by atoms with Crippen molar-refractivity contribution in [1.82, 2.24) is 0 Å². The van der Waals surface area contributed by atoms with Crippen molar-refractivity contribution >= 4 is 126 Å². The van der Waals surface area contributed by atoms with Crippen LogP contribution in [0.4, 0.5) is 45.5 Å². The third kappa shape index (κ3) is 13.9.